The van der Waals surface area contributed by atoms with E-state index in [9.17, 15) is 24.1 Å². The van der Waals surface area contributed by atoms with E-state index in [0.717, 1.165) is 12.1 Å². The van der Waals surface area contributed by atoms with Gasteiger partial charge in [0.05, 0.1) is 28.0 Å². The van der Waals surface area contributed by atoms with Crippen molar-refractivity contribution in [2.75, 3.05) is 0 Å². The number of aromatic nitrogens is 2. The van der Waals surface area contributed by atoms with Crippen LogP contribution in [-0.4, -0.2) is 26.3 Å². The van der Waals surface area contributed by atoms with Gasteiger partial charge in [-0.3, -0.25) is 35.1 Å². The second-order valence-corrected chi connectivity index (χ2v) is 5.86. The number of rotatable bonds is 4. The Hall–Kier alpha value is -3.79. The molecule has 2 N–H and O–H groups in total. The molecule has 1 aromatic heterocycles. The Morgan fingerprint density at radius 1 is 1.11 bits per heavy atom. The fourth-order valence-electron chi connectivity index (χ4n) is 2.32. The zero-order valence-electron chi connectivity index (χ0n) is 13.9. The van der Waals surface area contributed by atoms with Gasteiger partial charge in [0.15, 0.2) is 0 Å². The summed E-state index contributed by atoms with van der Waals surface area (Å²) in [5, 5.41) is 10.8. The number of nitrogens with one attached hydrogen (secondary N) is 2. The molecule has 0 bridgehead atoms. The smallest absolute Gasteiger partial charge is 0.288 e. The fraction of sp³-hybridized carbons (Fsp3) is 0. The molecular formula is C17H11ClFN5O4. The van der Waals surface area contributed by atoms with Crippen LogP contribution >= 0.6 is 11.6 Å². The van der Waals surface area contributed by atoms with Crippen LogP contribution in [0.15, 0.2) is 55.0 Å². The van der Waals surface area contributed by atoms with E-state index in [4.69, 9.17) is 11.6 Å². The van der Waals surface area contributed by atoms with E-state index in [1.807, 2.05) is 0 Å². The molecule has 3 aromatic rings. The molecule has 142 valence electrons. The first kappa shape index (κ1) is 19.0. The summed E-state index contributed by atoms with van der Waals surface area (Å²) in [6.07, 6.45) is 2.60. The van der Waals surface area contributed by atoms with Gasteiger partial charge in [0.2, 0.25) is 0 Å². The van der Waals surface area contributed by atoms with Gasteiger partial charge in [0.1, 0.15) is 11.5 Å². The molecule has 2 amide bonds. The van der Waals surface area contributed by atoms with E-state index in [2.05, 4.69) is 15.8 Å². The van der Waals surface area contributed by atoms with E-state index in [1.165, 1.54) is 47.4 Å². The summed E-state index contributed by atoms with van der Waals surface area (Å²) in [5.41, 5.74) is 4.36. The molecule has 0 spiro atoms. The fourth-order valence-corrected chi connectivity index (χ4v) is 2.52. The number of non-ortho nitro benzene ring substituents is 1. The van der Waals surface area contributed by atoms with Gasteiger partial charge in [-0.25, -0.2) is 9.37 Å². The van der Waals surface area contributed by atoms with Crippen molar-refractivity contribution in [3.63, 3.8) is 0 Å². The van der Waals surface area contributed by atoms with E-state index < -0.39 is 22.6 Å². The average molecular weight is 404 g/mol. The van der Waals surface area contributed by atoms with Gasteiger partial charge in [0.25, 0.3) is 17.5 Å². The molecule has 0 aliphatic carbocycles. The molecule has 3 rings (SSSR count). The molecule has 2 aromatic carbocycles. The number of hydrogen-bond donors (Lipinski definition) is 2. The summed E-state index contributed by atoms with van der Waals surface area (Å²) in [5.74, 6) is -1.98. The molecule has 28 heavy (non-hydrogen) atoms. The minimum atomic E-state index is -0.838. The minimum absolute atomic E-state index is 0.0197. The van der Waals surface area contributed by atoms with Crippen molar-refractivity contribution in [3.05, 3.63) is 87.2 Å². The Kier molecular flexibility index (Phi) is 5.32. The SMILES string of the molecule is O=C(NNC(=O)c1cncn1-c1ccc(F)cc1)c1cc([N+](=O)[O-])ccc1Cl. The van der Waals surface area contributed by atoms with Crippen molar-refractivity contribution in [1.82, 2.24) is 20.4 Å². The summed E-state index contributed by atoms with van der Waals surface area (Å²) in [6, 6.07) is 8.71. The first-order valence-corrected chi connectivity index (χ1v) is 8.07. The lowest BCUT2D eigenvalue weighted by Crippen LogP contribution is -2.42. The van der Waals surface area contributed by atoms with Crippen LogP contribution in [0.25, 0.3) is 5.69 Å². The first-order valence-electron chi connectivity index (χ1n) is 7.69. The summed E-state index contributed by atoms with van der Waals surface area (Å²) in [4.78, 5) is 38.6. The predicted molar refractivity (Wildman–Crippen MR) is 96.6 cm³/mol. The third kappa shape index (κ3) is 3.96. The third-order valence-electron chi connectivity index (χ3n) is 3.67. The zero-order valence-corrected chi connectivity index (χ0v) is 14.7. The van der Waals surface area contributed by atoms with Gasteiger partial charge in [-0.15, -0.1) is 0 Å². The molecule has 0 aliphatic rings. The maximum atomic E-state index is 13.1. The number of halogens is 2. The van der Waals surface area contributed by atoms with Crippen LogP contribution in [-0.2, 0) is 0 Å². The van der Waals surface area contributed by atoms with Crippen LogP contribution in [0.1, 0.15) is 20.8 Å². The number of carbonyl (C=O) groups is 2. The summed E-state index contributed by atoms with van der Waals surface area (Å²) in [6.45, 7) is 0. The molecule has 0 atom stereocenters. The molecule has 0 saturated carbocycles. The molecule has 11 heteroatoms. The highest BCUT2D eigenvalue weighted by Crippen LogP contribution is 2.21. The van der Waals surface area contributed by atoms with E-state index in [1.54, 1.807) is 0 Å². The van der Waals surface area contributed by atoms with Gasteiger partial charge in [0, 0.05) is 17.8 Å². The number of amides is 2. The van der Waals surface area contributed by atoms with Gasteiger partial charge < -0.3 is 0 Å². The van der Waals surface area contributed by atoms with Crippen LogP contribution in [0.2, 0.25) is 5.02 Å². The second-order valence-electron chi connectivity index (χ2n) is 5.45. The lowest BCUT2D eigenvalue weighted by atomic mass is 10.2. The number of benzene rings is 2. The molecular weight excluding hydrogens is 393 g/mol. The molecule has 0 radical (unpaired) electrons. The number of imidazole rings is 1. The highest BCUT2D eigenvalue weighted by Gasteiger charge is 2.18. The van der Waals surface area contributed by atoms with E-state index >= 15 is 0 Å². The average Bonchev–Trinajstić information content (AvgIpc) is 3.16. The monoisotopic (exact) mass is 403 g/mol. The maximum absolute atomic E-state index is 13.1. The second kappa shape index (κ2) is 7.84. The number of hydrogen-bond acceptors (Lipinski definition) is 5. The Balaban J connectivity index is 1.74. The first-order chi connectivity index (χ1) is 13.4. The third-order valence-corrected chi connectivity index (χ3v) is 4.00. The predicted octanol–water partition coefficient (Wildman–Crippen LogP) is 2.65. The number of nitro groups is 1. The standard InChI is InChI=1S/C17H11ClFN5O4/c18-14-6-5-12(24(27)28)7-13(14)16(25)21-22-17(26)15-8-20-9-23(15)11-3-1-10(19)2-4-11/h1-9H,(H,21,25)(H,22,26). The Labute approximate surface area is 161 Å². The van der Waals surface area contributed by atoms with Crippen molar-refractivity contribution >= 4 is 29.1 Å². The van der Waals surface area contributed by atoms with Gasteiger partial charge >= 0.3 is 0 Å². The Morgan fingerprint density at radius 2 is 1.79 bits per heavy atom. The topological polar surface area (TPSA) is 119 Å². The van der Waals surface area contributed by atoms with Gasteiger partial charge in [-0.1, -0.05) is 11.6 Å². The van der Waals surface area contributed by atoms with E-state index in [0.29, 0.717) is 5.69 Å². The van der Waals surface area contributed by atoms with Crippen LogP contribution < -0.4 is 10.9 Å². The van der Waals surface area contributed by atoms with Crippen molar-refractivity contribution < 1.29 is 18.9 Å². The highest BCUT2D eigenvalue weighted by atomic mass is 35.5. The number of nitro benzene ring substituents is 1. The zero-order chi connectivity index (χ0) is 20.3. The lowest BCUT2D eigenvalue weighted by molar-refractivity contribution is -0.384. The molecule has 0 fully saturated rings. The van der Waals surface area contributed by atoms with E-state index in [-0.39, 0.29) is 22.0 Å². The van der Waals surface area contributed by atoms with Crippen molar-refractivity contribution in [2.24, 2.45) is 0 Å². The van der Waals surface area contributed by atoms with Crippen molar-refractivity contribution in [2.45, 2.75) is 0 Å². The quantitative estimate of drug-likeness (QED) is 0.512. The van der Waals surface area contributed by atoms with Crippen molar-refractivity contribution in [1.29, 1.82) is 0 Å². The largest absolute Gasteiger partial charge is 0.295 e. The summed E-state index contributed by atoms with van der Waals surface area (Å²) < 4.78 is 14.5. The lowest BCUT2D eigenvalue weighted by Gasteiger charge is -2.10. The molecule has 0 unspecified atom stereocenters. The Morgan fingerprint density at radius 3 is 2.46 bits per heavy atom. The highest BCUT2D eigenvalue weighted by molar-refractivity contribution is 6.34. The van der Waals surface area contributed by atoms with Crippen LogP contribution in [0.4, 0.5) is 10.1 Å². The maximum Gasteiger partial charge on any atom is 0.288 e. The van der Waals surface area contributed by atoms with Gasteiger partial charge in [-0.2, -0.15) is 0 Å². The van der Waals surface area contributed by atoms with Gasteiger partial charge in [-0.05, 0) is 30.3 Å². The molecule has 9 nitrogen and oxygen atoms in total. The summed E-state index contributed by atoms with van der Waals surface area (Å²) in [7, 11) is 0. The Bertz CT molecular complexity index is 1070. The van der Waals surface area contributed by atoms with Crippen LogP contribution in [0, 0.1) is 15.9 Å². The summed E-state index contributed by atoms with van der Waals surface area (Å²) >= 11 is 5.89. The normalized spacial score (nSPS) is 10.4. The van der Waals surface area contributed by atoms with Crippen molar-refractivity contribution in [3.8, 4) is 5.69 Å². The molecule has 1 heterocycles. The molecule has 0 saturated heterocycles. The number of hydrazine groups is 1. The number of nitrogens with zero attached hydrogens (tertiary/aromatic N) is 3. The van der Waals surface area contributed by atoms with Crippen LogP contribution in [0.3, 0.4) is 0 Å². The van der Waals surface area contributed by atoms with Crippen LogP contribution in [0.5, 0.6) is 0 Å². The number of carbonyl (C=O) groups excluding carboxylic acids is 2. The molecule has 0 aliphatic heterocycles. The minimum Gasteiger partial charge on any atom is -0.295 e.